The molecule has 1 unspecified atom stereocenters. The molecule has 2 heterocycles. The van der Waals surface area contributed by atoms with Gasteiger partial charge in [-0.3, -0.25) is 9.36 Å². The second-order valence-electron chi connectivity index (χ2n) is 6.76. The van der Waals surface area contributed by atoms with Crippen LogP contribution in [0.15, 0.2) is 41.5 Å². The zero-order valence-corrected chi connectivity index (χ0v) is 14.1. The summed E-state index contributed by atoms with van der Waals surface area (Å²) in [5.74, 6) is 0.619. The molecule has 1 aromatic carbocycles. The minimum atomic E-state index is -0.105. The predicted octanol–water partition coefficient (Wildman–Crippen LogP) is 2.84. The summed E-state index contributed by atoms with van der Waals surface area (Å²) in [6, 6.07) is 11.4. The maximum absolute atomic E-state index is 12.9. The molecule has 0 amide bonds. The molecule has 0 aliphatic heterocycles. The number of nitrogens with zero attached hydrogens (tertiary/aromatic N) is 4. The van der Waals surface area contributed by atoms with Gasteiger partial charge in [0.25, 0.3) is 5.56 Å². The van der Waals surface area contributed by atoms with E-state index in [1.807, 2.05) is 24.3 Å². The van der Waals surface area contributed by atoms with E-state index >= 15 is 0 Å². The molecule has 0 bridgehead atoms. The van der Waals surface area contributed by atoms with Crippen LogP contribution in [-0.4, -0.2) is 14.5 Å². The molecule has 0 saturated carbocycles. The molecule has 0 saturated heterocycles. The maximum Gasteiger partial charge on any atom is 0.263 e. The molecule has 1 aliphatic carbocycles. The van der Waals surface area contributed by atoms with Gasteiger partial charge in [-0.15, -0.1) is 0 Å². The Kier molecular flexibility index (Phi) is 3.81. The summed E-state index contributed by atoms with van der Waals surface area (Å²) in [4.78, 5) is 21.9. The van der Waals surface area contributed by atoms with Gasteiger partial charge in [0, 0.05) is 5.69 Å². The number of aromatic nitrogens is 3. The van der Waals surface area contributed by atoms with Crippen molar-refractivity contribution in [3.05, 3.63) is 69.4 Å². The van der Waals surface area contributed by atoms with Crippen LogP contribution in [0.2, 0.25) is 0 Å². The lowest BCUT2D eigenvalue weighted by Crippen LogP contribution is -2.23. The van der Waals surface area contributed by atoms with Crippen LogP contribution in [0, 0.1) is 17.2 Å². The summed E-state index contributed by atoms with van der Waals surface area (Å²) in [5, 5.41) is 9.79. The molecule has 5 nitrogen and oxygen atoms in total. The van der Waals surface area contributed by atoms with Crippen LogP contribution in [0.1, 0.15) is 35.7 Å². The number of hydrogen-bond acceptors (Lipinski definition) is 4. The van der Waals surface area contributed by atoms with Gasteiger partial charge >= 0.3 is 0 Å². The molecule has 25 heavy (non-hydrogen) atoms. The minimum Gasteiger partial charge on any atom is -0.294 e. The van der Waals surface area contributed by atoms with E-state index < -0.39 is 0 Å². The van der Waals surface area contributed by atoms with Crippen molar-refractivity contribution in [2.75, 3.05) is 0 Å². The van der Waals surface area contributed by atoms with E-state index in [0.717, 1.165) is 30.5 Å². The van der Waals surface area contributed by atoms with Crippen LogP contribution in [0.25, 0.3) is 11.0 Å². The average Bonchev–Trinajstić information content (AvgIpc) is 2.63. The third-order valence-electron chi connectivity index (χ3n) is 4.90. The van der Waals surface area contributed by atoms with Crippen LogP contribution in [-0.2, 0) is 19.4 Å². The van der Waals surface area contributed by atoms with Crippen molar-refractivity contribution in [3.63, 3.8) is 0 Å². The standard InChI is InChI=1S/C20H18N4O/c1-13-6-7-18-16(8-13)9-17-19(23-18)22-12-24(20(17)25)11-15-5-3-2-4-14(15)10-21/h2-5,9,12-13H,6-8,11H2,1H3. The van der Waals surface area contributed by atoms with Crippen molar-refractivity contribution in [2.24, 2.45) is 5.92 Å². The molecular weight excluding hydrogens is 312 g/mol. The molecule has 1 aliphatic rings. The number of fused-ring (bicyclic) bond motifs is 2. The number of hydrogen-bond donors (Lipinski definition) is 0. The quantitative estimate of drug-likeness (QED) is 0.724. The van der Waals surface area contributed by atoms with E-state index in [-0.39, 0.29) is 5.56 Å². The molecule has 0 radical (unpaired) electrons. The van der Waals surface area contributed by atoms with Gasteiger partial charge in [0.1, 0.15) is 6.33 Å². The van der Waals surface area contributed by atoms with Crippen molar-refractivity contribution in [2.45, 2.75) is 32.7 Å². The first-order valence-corrected chi connectivity index (χ1v) is 8.51. The van der Waals surface area contributed by atoms with Crippen molar-refractivity contribution in [1.82, 2.24) is 14.5 Å². The monoisotopic (exact) mass is 330 g/mol. The van der Waals surface area contributed by atoms with Gasteiger partial charge in [-0.05, 0) is 48.4 Å². The van der Waals surface area contributed by atoms with E-state index in [0.29, 0.717) is 29.1 Å². The van der Waals surface area contributed by atoms with Gasteiger partial charge in [-0.1, -0.05) is 25.1 Å². The fourth-order valence-corrected chi connectivity index (χ4v) is 3.49. The topological polar surface area (TPSA) is 71.6 Å². The van der Waals surface area contributed by atoms with Crippen molar-refractivity contribution in [3.8, 4) is 6.07 Å². The van der Waals surface area contributed by atoms with Gasteiger partial charge in [0.2, 0.25) is 0 Å². The number of pyridine rings is 1. The van der Waals surface area contributed by atoms with Gasteiger partial charge in [0.15, 0.2) is 5.65 Å². The number of aryl methyl sites for hydroxylation is 1. The lowest BCUT2D eigenvalue weighted by atomic mass is 9.87. The minimum absolute atomic E-state index is 0.105. The van der Waals surface area contributed by atoms with Crippen molar-refractivity contribution in [1.29, 1.82) is 5.26 Å². The fraction of sp³-hybridized carbons (Fsp3) is 0.300. The third kappa shape index (κ3) is 2.80. The second-order valence-corrected chi connectivity index (χ2v) is 6.76. The first kappa shape index (κ1) is 15.5. The third-order valence-corrected chi connectivity index (χ3v) is 4.90. The van der Waals surface area contributed by atoms with Crippen LogP contribution in [0.3, 0.4) is 0 Å². The summed E-state index contributed by atoms with van der Waals surface area (Å²) < 4.78 is 1.55. The maximum atomic E-state index is 12.9. The van der Waals surface area contributed by atoms with Crippen LogP contribution >= 0.6 is 0 Å². The zero-order valence-electron chi connectivity index (χ0n) is 14.1. The van der Waals surface area contributed by atoms with E-state index in [1.54, 1.807) is 10.6 Å². The van der Waals surface area contributed by atoms with Crippen molar-refractivity contribution >= 4 is 11.0 Å². The van der Waals surface area contributed by atoms with Crippen LogP contribution in [0.5, 0.6) is 0 Å². The molecule has 3 aromatic rings. The Morgan fingerprint density at radius 2 is 2.20 bits per heavy atom. The molecule has 4 rings (SSSR count). The first-order valence-electron chi connectivity index (χ1n) is 8.51. The largest absolute Gasteiger partial charge is 0.294 e. The Bertz CT molecular complexity index is 1060. The zero-order chi connectivity index (χ0) is 17.4. The molecular formula is C20H18N4O. The molecule has 2 aromatic heterocycles. The van der Waals surface area contributed by atoms with E-state index in [1.165, 1.54) is 11.9 Å². The SMILES string of the molecule is CC1CCc2nc3ncn(Cc4ccccc4C#N)c(=O)c3cc2C1. The van der Waals surface area contributed by atoms with Gasteiger partial charge in [-0.25, -0.2) is 9.97 Å². The number of nitriles is 1. The summed E-state index contributed by atoms with van der Waals surface area (Å²) in [7, 11) is 0. The molecule has 1 atom stereocenters. The van der Waals surface area contributed by atoms with Crippen LogP contribution in [0.4, 0.5) is 0 Å². The fourth-order valence-electron chi connectivity index (χ4n) is 3.49. The smallest absolute Gasteiger partial charge is 0.263 e. The van der Waals surface area contributed by atoms with Gasteiger partial charge in [0.05, 0.1) is 23.6 Å². The summed E-state index contributed by atoms with van der Waals surface area (Å²) in [6.45, 7) is 2.56. The number of benzene rings is 1. The Balaban J connectivity index is 1.80. The first-order chi connectivity index (χ1) is 12.2. The summed E-state index contributed by atoms with van der Waals surface area (Å²) in [6.07, 6.45) is 4.58. The molecule has 0 N–H and O–H groups in total. The highest BCUT2D eigenvalue weighted by Crippen LogP contribution is 2.25. The highest BCUT2D eigenvalue weighted by molar-refractivity contribution is 5.74. The van der Waals surface area contributed by atoms with E-state index in [2.05, 4.69) is 23.0 Å². The Morgan fingerprint density at radius 1 is 1.36 bits per heavy atom. The highest BCUT2D eigenvalue weighted by Gasteiger charge is 2.18. The van der Waals surface area contributed by atoms with Gasteiger partial charge < -0.3 is 0 Å². The number of rotatable bonds is 2. The highest BCUT2D eigenvalue weighted by atomic mass is 16.1. The lowest BCUT2D eigenvalue weighted by molar-refractivity contribution is 0.495. The average molecular weight is 330 g/mol. The Labute approximate surface area is 145 Å². The molecule has 0 fully saturated rings. The summed E-state index contributed by atoms with van der Waals surface area (Å²) in [5.41, 5.74) is 4.04. The predicted molar refractivity (Wildman–Crippen MR) is 95.2 cm³/mol. The molecule has 5 heteroatoms. The van der Waals surface area contributed by atoms with E-state index in [9.17, 15) is 10.1 Å². The molecule has 124 valence electrons. The Morgan fingerprint density at radius 3 is 3.04 bits per heavy atom. The Hall–Kier alpha value is -3.00. The normalized spacial score (nSPS) is 16.4. The molecule has 0 spiro atoms. The van der Waals surface area contributed by atoms with Crippen molar-refractivity contribution < 1.29 is 0 Å². The lowest BCUT2D eigenvalue weighted by Gasteiger charge is -2.20. The van der Waals surface area contributed by atoms with Gasteiger partial charge in [-0.2, -0.15) is 5.26 Å². The van der Waals surface area contributed by atoms with E-state index in [4.69, 9.17) is 0 Å². The summed E-state index contributed by atoms with van der Waals surface area (Å²) >= 11 is 0. The van der Waals surface area contributed by atoms with Crippen LogP contribution < -0.4 is 5.56 Å². The second kappa shape index (κ2) is 6.14.